The summed E-state index contributed by atoms with van der Waals surface area (Å²) in [6.45, 7) is 1.66. The third-order valence-electron chi connectivity index (χ3n) is 6.49. The number of nitrogens with one attached hydrogen (secondary N) is 1. The minimum Gasteiger partial charge on any atom is -0.872 e. The second-order valence-corrected chi connectivity index (χ2v) is 8.64. The van der Waals surface area contributed by atoms with E-state index >= 15 is 0 Å². The molecule has 3 heterocycles. The Balaban J connectivity index is 1.58. The maximum absolute atomic E-state index is 13.8. The normalized spacial score (nSPS) is 18.2. The number of aromatic amines is 1. The minimum atomic E-state index is -0.919. The van der Waals surface area contributed by atoms with Gasteiger partial charge < -0.3 is 29.0 Å². The summed E-state index contributed by atoms with van der Waals surface area (Å²) >= 11 is 0. The number of benzene rings is 2. The van der Waals surface area contributed by atoms with Crippen molar-refractivity contribution in [2.75, 3.05) is 34.0 Å². The molecule has 1 aromatic heterocycles. The Morgan fingerprint density at radius 2 is 1.92 bits per heavy atom. The zero-order valence-electron chi connectivity index (χ0n) is 20.6. The van der Waals surface area contributed by atoms with Crippen LogP contribution < -0.4 is 28.6 Å². The van der Waals surface area contributed by atoms with Crippen molar-refractivity contribution in [3.63, 3.8) is 0 Å². The molecule has 1 saturated heterocycles. The number of H-pyrrole nitrogens is 1. The molecular weight excluding hydrogens is 478 g/mol. The number of carbonyl (C=O) groups excluding carboxylic acids is 2. The molecule has 0 radical (unpaired) electrons. The molecule has 5 rings (SSSR count). The highest BCUT2D eigenvalue weighted by atomic mass is 16.6. The van der Waals surface area contributed by atoms with Gasteiger partial charge in [-0.25, -0.2) is 4.57 Å². The van der Waals surface area contributed by atoms with Crippen molar-refractivity contribution in [3.8, 4) is 23.0 Å². The highest BCUT2D eigenvalue weighted by Crippen LogP contribution is 2.44. The van der Waals surface area contributed by atoms with Crippen molar-refractivity contribution in [1.29, 1.82) is 0 Å². The molecule has 1 unspecified atom stereocenters. The topological polar surface area (TPSA) is 117 Å². The fourth-order valence-corrected chi connectivity index (χ4v) is 4.69. The molecule has 0 saturated carbocycles. The van der Waals surface area contributed by atoms with Gasteiger partial charge in [-0.3, -0.25) is 14.6 Å². The summed E-state index contributed by atoms with van der Waals surface area (Å²) in [7, 11) is 3.02. The number of fused-ring (bicyclic) bond motifs is 1. The summed E-state index contributed by atoms with van der Waals surface area (Å²) in [6.07, 6.45) is 6.06. The fourth-order valence-electron chi connectivity index (χ4n) is 4.69. The number of aryl methyl sites for hydroxylation is 1. The van der Waals surface area contributed by atoms with Gasteiger partial charge in [-0.15, -0.1) is 0 Å². The Bertz CT molecular complexity index is 1350. The average molecular weight is 506 g/mol. The molecular formula is C27H27N3O7. The van der Waals surface area contributed by atoms with E-state index in [4.69, 9.17) is 18.9 Å². The Morgan fingerprint density at radius 3 is 2.65 bits per heavy atom. The fraction of sp³-hybridized carbons (Fsp3) is 0.296. The molecule has 1 N–H and O–H groups in total. The largest absolute Gasteiger partial charge is 0.872 e. The van der Waals surface area contributed by atoms with Gasteiger partial charge in [-0.05, 0) is 29.8 Å². The number of Topliss-reactive ketones (excluding diaryl/α,β-unsaturated/α-hetero) is 1. The zero-order valence-corrected chi connectivity index (χ0v) is 20.6. The first-order chi connectivity index (χ1) is 18.0. The molecule has 1 fully saturated rings. The van der Waals surface area contributed by atoms with Gasteiger partial charge in [0.2, 0.25) is 12.1 Å². The Hall–Kier alpha value is -4.47. The molecule has 0 aliphatic carbocycles. The van der Waals surface area contributed by atoms with Crippen LogP contribution in [0.5, 0.6) is 23.0 Å². The molecule has 3 aromatic rings. The van der Waals surface area contributed by atoms with Gasteiger partial charge in [0.25, 0.3) is 5.91 Å². The first-order valence-corrected chi connectivity index (χ1v) is 11.9. The number of aromatic nitrogens is 2. The van der Waals surface area contributed by atoms with E-state index in [-0.39, 0.29) is 17.7 Å². The number of imidazole rings is 1. The lowest BCUT2D eigenvalue weighted by Gasteiger charge is -2.29. The molecule has 10 heteroatoms. The van der Waals surface area contributed by atoms with Crippen LogP contribution in [0.4, 0.5) is 0 Å². The van der Waals surface area contributed by atoms with Crippen LogP contribution in [-0.2, 0) is 16.1 Å². The molecule has 192 valence electrons. The van der Waals surface area contributed by atoms with Crippen molar-refractivity contribution in [2.45, 2.75) is 19.0 Å². The summed E-state index contributed by atoms with van der Waals surface area (Å²) in [5.74, 6) is -0.177. The Kier molecular flexibility index (Phi) is 6.72. The van der Waals surface area contributed by atoms with E-state index in [0.717, 1.165) is 0 Å². The van der Waals surface area contributed by atoms with Crippen molar-refractivity contribution in [1.82, 2.24) is 9.88 Å². The second-order valence-electron chi connectivity index (χ2n) is 8.64. The Morgan fingerprint density at radius 1 is 1.11 bits per heavy atom. The summed E-state index contributed by atoms with van der Waals surface area (Å²) in [6, 6.07) is 8.95. The van der Waals surface area contributed by atoms with Gasteiger partial charge in [-0.2, -0.15) is 0 Å². The SMILES string of the molecule is COc1ccc(C2/C(=C(\[O-])c3ccc4c(c3)OCCO4)C(=O)C(=O)N2CCC[n+]2cc[nH]c2)c(OC)c1. The van der Waals surface area contributed by atoms with E-state index in [2.05, 4.69) is 4.98 Å². The molecule has 2 aliphatic rings. The van der Waals surface area contributed by atoms with Crippen LogP contribution in [0.2, 0.25) is 0 Å². The third kappa shape index (κ3) is 4.57. The third-order valence-corrected chi connectivity index (χ3v) is 6.49. The molecule has 2 aliphatic heterocycles. The molecule has 1 amide bonds. The summed E-state index contributed by atoms with van der Waals surface area (Å²) in [4.78, 5) is 31.0. The number of carbonyl (C=O) groups is 2. The minimum absolute atomic E-state index is 0.126. The van der Waals surface area contributed by atoms with Crippen LogP contribution in [-0.4, -0.2) is 55.6 Å². The van der Waals surface area contributed by atoms with E-state index in [9.17, 15) is 14.7 Å². The number of likely N-dealkylation sites (tertiary alicyclic amines) is 1. The molecule has 10 nitrogen and oxygen atoms in total. The number of ketones is 1. The number of nitrogens with zero attached hydrogens (tertiary/aromatic N) is 2. The van der Waals surface area contributed by atoms with E-state index < -0.39 is 23.5 Å². The van der Waals surface area contributed by atoms with Crippen molar-refractivity contribution in [2.24, 2.45) is 0 Å². The average Bonchev–Trinajstić information content (AvgIpc) is 3.54. The zero-order chi connectivity index (χ0) is 25.9. The highest BCUT2D eigenvalue weighted by molar-refractivity contribution is 6.46. The summed E-state index contributed by atoms with van der Waals surface area (Å²) < 4.78 is 24.0. The first kappa shape index (κ1) is 24.2. The van der Waals surface area contributed by atoms with Crippen molar-refractivity contribution in [3.05, 3.63) is 71.8 Å². The van der Waals surface area contributed by atoms with Crippen LogP contribution >= 0.6 is 0 Å². The van der Waals surface area contributed by atoms with Crippen LogP contribution in [0.3, 0.4) is 0 Å². The van der Waals surface area contributed by atoms with Crippen LogP contribution in [0.15, 0.2) is 60.7 Å². The number of ether oxygens (including phenoxy) is 4. The quantitative estimate of drug-likeness (QED) is 0.213. The van der Waals surface area contributed by atoms with Gasteiger partial charge in [0.1, 0.15) is 37.1 Å². The van der Waals surface area contributed by atoms with Gasteiger partial charge in [0.15, 0.2) is 11.5 Å². The molecule has 0 bridgehead atoms. The molecule has 37 heavy (non-hydrogen) atoms. The van der Waals surface area contributed by atoms with E-state index in [0.29, 0.717) is 54.7 Å². The maximum atomic E-state index is 13.8. The molecule has 2 aromatic carbocycles. The van der Waals surface area contributed by atoms with E-state index in [1.54, 1.807) is 42.6 Å². The van der Waals surface area contributed by atoms with Gasteiger partial charge in [0, 0.05) is 30.2 Å². The standard InChI is InChI=1S/C27H27N3O7/c1-34-18-5-6-19(21(15-18)35-2)24-23(25(31)17-4-7-20-22(14-17)37-13-12-36-20)26(32)27(33)30(24)10-3-9-29-11-8-28-16-29/h4-8,11,14-16,24H,3,9-10,12-13H2,1-2H3,(H,31,32). The van der Waals surface area contributed by atoms with Crippen molar-refractivity contribution < 1.29 is 38.2 Å². The monoisotopic (exact) mass is 505 g/mol. The summed E-state index contributed by atoms with van der Waals surface area (Å²) in [5.41, 5.74) is 0.639. The predicted octanol–water partition coefficient (Wildman–Crippen LogP) is 1.40. The lowest BCUT2D eigenvalue weighted by molar-refractivity contribution is -0.695. The number of hydrogen-bond acceptors (Lipinski definition) is 7. The second kappa shape index (κ2) is 10.3. The predicted molar refractivity (Wildman–Crippen MR) is 129 cm³/mol. The number of methoxy groups -OCH3 is 2. The Labute approximate surface area is 213 Å². The number of rotatable bonds is 8. The number of hydrogen-bond donors (Lipinski definition) is 1. The lowest BCUT2D eigenvalue weighted by Crippen LogP contribution is -2.36. The highest BCUT2D eigenvalue weighted by Gasteiger charge is 2.45. The van der Waals surface area contributed by atoms with E-state index in [1.807, 2.05) is 17.1 Å². The van der Waals surface area contributed by atoms with E-state index in [1.165, 1.54) is 19.1 Å². The van der Waals surface area contributed by atoms with Gasteiger partial charge in [-0.1, -0.05) is 11.8 Å². The lowest BCUT2D eigenvalue weighted by atomic mass is 9.94. The van der Waals surface area contributed by atoms with Gasteiger partial charge >= 0.3 is 0 Å². The smallest absolute Gasteiger partial charge is 0.295 e. The molecule has 1 atom stereocenters. The van der Waals surface area contributed by atoms with Crippen LogP contribution in [0.25, 0.3) is 5.76 Å². The maximum Gasteiger partial charge on any atom is 0.295 e. The van der Waals surface area contributed by atoms with Crippen molar-refractivity contribution >= 4 is 17.4 Å². The van der Waals surface area contributed by atoms with Gasteiger partial charge in [0.05, 0.1) is 26.8 Å². The number of amides is 1. The summed E-state index contributed by atoms with van der Waals surface area (Å²) in [5, 5.41) is 13.8. The van der Waals surface area contributed by atoms with Crippen LogP contribution in [0, 0.1) is 0 Å². The first-order valence-electron chi connectivity index (χ1n) is 11.9. The van der Waals surface area contributed by atoms with Crippen LogP contribution in [0.1, 0.15) is 23.6 Å². The molecule has 0 spiro atoms.